The summed E-state index contributed by atoms with van der Waals surface area (Å²) >= 11 is 1.27. The number of ketones is 1. The quantitative estimate of drug-likeness (QED) is 0.735. The van der Waals surface area contributed by atoms with E-state index in [1.54, 1.807) is 5.38 Å². The number of thiazole rings is 1. The van der Waals surface area contributed by atoms with Gasteiger partial charge in [0.05, 0.1) is 5.51 Å². The van der Waals surface area contributed by atoms with E-state index in [2.05, 4.69) is 4.98 Å². The molecule has 15 heavy (non-hydrogen) atoms. The number of rotatable bonds is 2. The zero-order valence-corrected chi connectivity index (χ0v) is 8.22. The second kappa shape index (κ2) is 3.86. The molecule has 76 valence electrons. The lowest BCUT2D eigenvalue weighted by Crippen LogP contribution is -2.02. The van der Waals surface area contributed by atoms with Crippen LogP contribution < -0.4 is 0 Å². The first-order valence-corrected chi connectivity index (χ1v) is 5.00. The average molecular weight is 225 g/mol. The van der Waals surface area contributed by atoms with Crippen molar-refractivity contribution in [1.29, 1.82) is 0 Å². The van der Waals surface area contributed by atoms with Gasteiger partial charge in [0, 0.05) is 10.9 Å². The van der Waals surface area contributed by atoms with Crippen LogP contribution in [0.4, 0.5) is 8.78 Å². The summed E-state index contributed by atoms with van der Waals surface area (Å²) < 4.78 is 25.4. The fraction of sp³-hybridized carbons (Fsp3) is 0. The molecular formula is C10H5F2NOS. The predicted octanol–water partition coefficient (Wildman–Crippen LogP) is 2.65. The molecule has 5 heteroatoms. The second-order valence-corrected chi connectivity index (χ2v) is 3.55. The van der Waals surface area contributed by atoms with Gasteiger partial charge in [-0.1, -0.05) is 0 Å². The van der Waals surface area contributed by atoms with Gasteiger partial charge in [-0.2, -0.15) is 0 Å². The Kier molecular flexibility index (Phi) is 2.55. The Balaban J connectivity index is 2.39. The first kappa shape index (κ1) is 9.92. The summed E-state index contributed by atoms with van der Waals surface area (Å²) in [7, 11) is 0. The van der Waals surface area contributed by atoms with E-state index in [-0.39, 0.29) is 11.3 Å². The van der Waals surface area contributed by atoms with Crippen molar-refractivity contribution in [2.45, 2.75) is 0 Å². The number of carbonyl (C=O) groups excluding carboxylic acids is 1. The van der Waals surface area contributed by atoms with Gasteiger partial charge in [-0.25, -0.2) is 13.8 Å². The Hall–Kier alpha value is -1.62. The fourth-order valence-corrected chi connectivity index (χ4v) is 1.64. The maximum Gasteiger partial charge on any atom is 0.212 e. The fourth-order valence-electron chi connectivity index (χ4n) is 1.11. The van der Waals surface area contributed by atoms with Gasteiger partial charge in [-0.05, 0) is 18.2 Å². The van der Waals surface area contributed by atoms with Crippen molar-refractivity contribution in [3.8, 4) is 0 Å². The van der Waals surface area contributed by atoms with Crippen LogP contribution in [0.5, 0.6) is 0 Å². The number of aromatic nitrogens is 1. The molecule has 2 nitrogen and oxygen atoms in total. The van der Waals surface area contributed by atoms with Gasteiger partial charge in [-0.3, -0.25) is 4.79 Å². The highest BCUT2D eigenvalue weighted by Gasteiger charge is 2.13. The molecule has 0 aliphatic carbocycles. The molecule has 0 saturated heterocycles. The summed E-state index contributed by atoms with van der Waals surface area (Å²) in [5.41, 5.74) is 1.85. The first-order valence-electron chi connectivity index (χ1n) is 4.06. The van der Waals surface area contributed by atoms with Gasteiger partial charge >= 0.3 is 0 Å². The van der Waals surface area contributed by atoms with Gasteiger partial charge in [0.25, 0.3) is 0 Å². The summed E-state index contributed by atoms with van der Waals surface area (Å²) in [5.74, 6) is -2.41. The van der Waals surface area contributed by atoms with Crippen LogP contribution in [0.2, 0.25) is 0 Å². The van der Waals surface area contributed by atoms with Gasteiger partial charge in [-0.15, -0.1) is 11.3 Å². The lowest BCUT2D eigenvalue weighted by Gasteiger charge is -1.98. The predicted molar refractivity (Wildman–Crippen MR) is 51.9 cm³/mol. The third-order valence-corrected chi connectivity index (χ3v) is 2.43. The Morgan fingerprint density at radius 2 is 2.07 bits per heavy atom. The Morgan fingerprint density at radius 3 is 2.67 bits per heavy atom. The highest BCUT2D eigenvalue weighted by molar-refractivity contribution is 7.07. The average Bonchev–Trinajstić information content (AvgIpc) is 2.74. The van der Waals surface area contributed by atoms with Crippen LogP contribution in [-0.2, 0) is 0 Å². The van der Waals surface area contributed by atoms with Crippen molar-refractivity contribution < 1.29 is 13.6 Å². The van der Waals surface area contributed by atoms with Crippen LogP contribution in [0.3, 0.4) is 0 Å². The van der Waals surface area contributed by atoms with E-state index in [1.165, 1.54) is 22.9 Å². The smallest absolute Gasteiger partial charge is 0.212 e. The number of carbonyl (C=O) groups is 1. The molecule has 1 heterocycles. The molecule has 1 aromatic carbocycles. The number of nitrogens with zero attached hydrogens (tertiary/aromatic N) is 1. The van der Waals surface area contributed by atoms with E-state index < -0.39 is 17.4 Å². The lowest BCUT2D eigenvalue weighted by atomic mass is 10.1. The Labute approximate surface area is 88.2 Å². The van der Waals surface area contributed by atoms with Crippen molar-refractivity contribution in [1.82, 2.24) is 4.98 Å². The van der Waals surface area contributed by atoms with Crippen molar-refractivity contribution in [3.63, 3.8) is 0 Å². The highest BCUT2D eigenvalue weighted by Crippen LogP contribution is 2.13. The summed E-state index contributed by atoms with van der Waals surface area (Å²) in [6, 6.07) is 3.03. The molecule has 0 unspecified atom stereocenters. The van der Waals surface area contributed by atoms with Crippen LogP contribution in [0, 0.1) is 11.6 Å². The van der Waals surface area contributed by atoms with Gasteiger partial charge in [0.15, 0.2) is 11.6 Å². The monoisotopic (exact) mass is 225 g/mol. The molecule has 0 radical (unpaired) electrons. The van der Waals surface area contributed by atoms with Crippen LogP contribution in [0.15, 0.2) is 29.1 Å². The minimum absolute atomic E-state index is 0.0970. The van der Waals surface area contributed by atoms with Crippen LogP contribution in [0.1, 0.15) is 16.1 Å². The number of benzene rings is 1. The molecule has 0 bridgehead atoms. The largest absolute Gasteiger partial charge is 0.287 e. The second-order valence-electron chi connectivity index (χ2n) is 2.83. The Morgan fingerprint density at radius 1 is 1.27 bits per heavy atom. The van der Waals surface area contributed by atoms with E-state index in [9.17, 15) is 13.6 Å². The SMILES string of the molecule is O=C(c1ccc(F)c(F)c1)c1cscn1. The molecule has 0 aliphatic rings. The van der Waals surface area contributed by atoms with E-state index in [4.69, 9.17) is 0 Å². The summed E-state index contributed by atoms with van der Waals surface area (Å²) in [6.07, 6.45) is 0. The normalized spacial score (nSPS) is 10.3. The standard InChI is InChI=1S/C10H5F2NOS/c11-7-2-1-6(3-8(7)12)10(14)9-4-15-5-13-9/h1-5H. The third-order valence-electron chi connectivity index (χ3n) is 1.85. The molecule has 0 saturated carbocycles. The summed E-state index contributed by atoms with van der Waals surface area (Å²) in [4.78, 5) is 15.4. The molecule has 0 spiro atoms. The number of halogens is 2. The lowest BCUT2D eigenvalue weighted by molar-refractivity contribution is 0.103. The zero-order chi connectivity index (χ0) is 10.8. The third kappa shape index (κ3) is 1.92. The number of hydrogen-bond acceptors (Lipinski definition) is 3. The summed E-state index contributed by atoms with van der Waals surface area (Å²) in [6.45, 7) is 0. The van der Waals surface area contributed by atoms with E-state index in [0.717, 1.165) is 12.1 Å². The topological polar surface area (TPSA) is 30.0 Å². The maximum absolute atomic E-state index is 12.8. The van der Waals surface area contributed by atoms with Crippen LogP contribution in [-0.4, -0.2) is 10.8 Å². The van der Waals surface area contributed by atoms with E-state index >= 15 is 0 Å². The molecule has 2 aromatic rings. The zero-order valence-electron chi connectivity index (χ0n) is 7.41. The molecule has 2 rings (SSSR count). The van der Waals surface area contributed by atoms with Crippen molar-refractivity contribution in [2.24, 2.45) is 0 Å². The molecule has 0 atom stereocenters. The molecule has 0 fully saturated rings. The maximum atomic E-state index is 12.8. The molecular weight excluding hydrogens is 220 g/mol. The minimum atomic E-state index is -1.03. The minimum Gasteiger partial charge on any atom is -0.287 e. The first-order chi connectivity index (χ1) is 7.18. The molecule has 0 N–H and O–H groups in total. The molecule has 1 aromatic heterocycles. The van der Waals surface area contributed by atoms with Crippen molar-refractivity contribution >= 4 is 17.1 Å². The van der Waals surface area contributed by atoms with Crippen LogP contribution >= 0.6 is 11.3 Å². The van der Waals surface area contributed by atoms with Crippen molar-refractivity contribution in [2.75, 3.05) is 0 Å². The highest BCUT2D eigenvalue weighted by atomic mass is 32.1. The van der Waals surface area contributed by atoms with Crippen molar-refractivity contribution in [3.05, 3.63) is 52.0 Å². The molecule has 0 aliphatic heterocycles. The van der Waals surface area contributed by atoms with Gasteiger partial charge < -0.3 is 0 Å². The Bertz CT molecular complexity index is 496. The van der Waals surface area contributed by atoms with E-state index in [1.807, 2.05) is 0 Å². The van der Waals surface area contributed by atoms with Gasteiger partial charge in [0.2, 0.25) is 5.78 Å². The molecule has 0 amide bonds. The summed E-state index contributed by atoms with van der Waals surface area (Å²) in [5, 5.41) is 1.56. The van der Waals surface area contributed by atoms with Crippen LogP contribution in [0.25, 0.3) is 0 Å². The number of hydrogen-bond donors (Lipinski definition) is 0. The van der Waals surface area contributed by atoms with E-state index in [0.29, 0.717) is 0 Å². The van der Waals surface area contributed by atoms with Gasteiger partial charge in [0.1, 0.15) is 5.69 Å².